The number of alkyl halides is 1. The van der Waals surface area contributed by atoms with Crippen LogP contribution in [-0.2, 0) is 17.8 Å². The third-order valence-electron chi connectivity index (χ3n) is 5.61. The van der Waals surface area contributed by atoms with Crippen LogP contribution in [0.1, 0.15) is 23.6 Å². The second-order valence-corrected chi connectivity index (χ2v) is 8.08. The molecule has 1 aliphatic heterocycles. The molecule has 0 radical (unpaired) electrons. The van der Waals surface area contributed by atoms with Gasteiger partial charge >= 0.3 is 0 Å². The Bertz CT molecular complexity index is 1100. The van der Waals surface area contributed by atoms with Crippen LogP contribution < -0.4 is 14.8 Å². The van der Waals surface area contributed by atoms with Crippen LogP contribution in [0.15, 0.2) is 96.8 Å². The Hall–Kier alpha value is -3.37. The zero-order valence-electron chi connectivity index (χ0n) is 19.9. The van der Waals surface area contributed by atoms with E-state index in [1.165, 1.54) is 0 Å². The summed E-state index contributed by atoms with van der Waals surface area (Å²) in [5.41, 5.74) is 6.21. The van der Waals surface area contributed by atoms with Crippen molar-refractivity contribution in [1.82, 2.24) is 5.32 Å². The van der Waals surface area contributed by atoms with Crippen molar-refractivity contribution >= 4 is 17.3 Å². The molecule has 0 aliphatic carbocycles. The second-order valence-electron chi connectivity index (χ2n) is 7.77. The monoisotopic (exact) mass is 477 g/mol. The topological polar surface area (TPSA) is 39.7 Å². The number of nitrogens with one attached hydrogen (secondary N) is 1. The third-order valence-corrected chi connectivity index (χ3v) is 5.76. The Morgan fingerprint density at radius 1 is 1.15 bits per heavy atom. The number of allylic oxidation sites excluding steroid dienone is 4. The zero-order chi connectivity index (χ0) is 24.3. The summed E-state index contributed by atoms with van der Waals surface area (Å²) in [6.45, 7) is 11.3. The lowest BCUT2D eigenvalue weighted by atomic mass is 9.93. The quantitative estimate of drug-likeness (QED) is 0.225. The smallest absolute Gasteiger partial charge is 0.164 e. The summed E-state index contributed by atoms with van der Waals surface area (Å²) in [6.07, 6.45) is 8.07. The SMILES string of the molecule is C=C/C=C(\C=C)COC(=C/CCl)/C(C)=C1\NCCc2c1ccc(OCc1ccccc1)c2OC. The molecule has 1 N–H and O–H groups in total. The molecule has 1 aliphatic rings. The van der Waals surface area contributed by atoms with Crippen molar-refractivity contribution in [2.24, 2.45) is 0 Å². The lowest BCUT2D eigenvalue weighted by Crippen LogP contribution is -2.25. The van der Waals surface area contributed by atoms with E-state index in [0.717, 1.165) is 63.8 Å². The number of methoxy groups -OCH3 is 1. The molecule has 0 aromatic heterocycles. The largest absolute Gasteiger partial charge is 0.493 e. The van der Waals surface area contributed by atoms with Gasteiger partial charge in [0.1, 0.15) is 19.0 Å². The van der Waals surface area contributed by atoms with Crippen molar-refractivity contribution in [2.75, 3.05) is 26.1 Å². The fourth-order valence-corrected chi connectivity index (χ4v) is 4.05. The summed E-state index contributed by atoms with van der Waals surface area (Å²) in [5, 5.41) is 3.54. The summed E-state index contributed by atoms with van der Waals surface area (Å²) in [6, 6.07) is 14.2. The van der Waals surface area contributed by atoms with Crippen LogP contribution in [0.2, 0.25) is 0 Å². The van der Waals surface area contributed by atoms with Gasteiger partial charge in [-0.3, -0.25) is 0 Å². The molecular formula is C29H32ClNO3. The van der Waals surface area contributed by atoms with Gasteiger partial charge < -0.3 is 19.5 Å². The number of halogens is 1. The first-order chi connectivity index (χ1) is 16.6. The summed E-state index contributed by atoms with van der Waals surface area (Å²) in [5.74, 6) is 2.58. The number of hydrogen-bond donors (Lipinski definition) is 1. The highest BCUT2D eigenvalue weighted by Crippen LogP contribution is 2.39. The van der Waals surface area contributed by atoms with Gasteiger partial charge in [0.2, 0.25) is 0 Å². The minimum absolute atomic E-state index is 0.344. The molecule has 0 amide bonds. The molecule has 178 valence electrons. The second kappa shape index (κ2) is 12.8. The predicted molar refractivity (Wildman–Crippen MR) is 141 cm³/mol. The van der Waals surface area contributed by atoms with Crippen molar-refractivity contribution < 1.29 is 14.2 Å². The third kappa shape index (κ3) is 6.15. The highest BCUT2D eigenvalue weighted by molar-refractivity contribution is 6.19. The standard InChI is InChI=1S/C29H32ClNO3/c1-5-10-22(6-2)19-33-26(15-17-30)21(3)28-24-13-14-27(29(32-4)25(24)16-18-31-28)34-20-23-11-8-7-9-12-23/h5-15,31H,1-2,16-20H2,3-4H3/b22-10+,26-15+,28-21-. The Labute approximate surface area is 207 Å². The van der Waals surface area contributed by atoms with Gasteiger partial charge in [0, 0.05) is 34.8 Å². The summed E-state index contributed by atoms with van der Waals surface area (Å²) in [7, 11) is 1.69. The van der Waals surface area contributed by atoms with Crippen LogP contribution in [0.25, 0.3) is 5.70 Å². The number of benzene rings is 2. The van der Waals surface area contributed by atoms with Gasteiger partial charge in [0.15, 0.2) is 11.5 Å². The number of fused-ring (bicyclic) bond motifs is 1. The maximum Gasteiger partial charge on any atom is 0.164 e. The van der Waals surface area contributed by atoms with E-state index in [1.54, 1.807) is 19.3 Å². The molecule has 3 rings (SSSR count). The predicted octanol–water partition coefficient (Wildman–Crippen LogP) is 6.59. The first-order valence-electron chi connectivity index (χ1n) is 11.3. The van der Waals surface area contributed by atoms with Gasteiger partial charge in [0.25, 0.3) is 0 Å². The first kappa shape index (κ1) is 25.3. The normalized spacial score (nSPS) is 15.0. The van der Waals surface area contributed by atoms with Crippen LogP contribution in [0.5, 0.6) is 11.5 Å². The average Bonchev–Trinajstić information content (AvgIpc) is 2.88. The lowest BCUT2D eigenvalue weighted by molar-refractivity contribution is 0.250. The average molecular weight is 478 g/mol. The van der Waals surface area contributed by atoms with Crippen molar-refractivity contribution in [3.05, 3.63) is 114 Å². The van der Waals surface area contributed by atoms with Crippen LogP contribution in [0, 0.1) is 0 Å². The number of rotatable bonds is 11. The molecule has 0 saturated carbocycles. The van der Waals surface area contributed by atoms with E-state index in [0.29, 0.717) is 19.1 Å². The lowest BCUT2D eigenvalue weighted by Gasteiger charge is -2.27. The van der Waals surface area contributed by atoms with Crippen molar-refractivity contribution in [2.45, 2.75) is 20.0 Å². The summed E-state index contributed by atoms with van der Waals surface area (Å²) in [4.78, 5) is 0. The first-order valence-corrected chi connectivity index (χ1v) is 11.8. The van der Waals surface area contributed by atoms with Gasteiger partial charge in [-0.25, -0.2) is 0 Å². The minimum atomic E-state index is 0.344. The Balaban J connectivity index is 1.92. The fraction of sp³-hybridized carbons (Fsp3) is 0.241. The van der Waals surface area contributed by atoms with Gasteiger partial charge in [-0.15, -0.1) is 11.6 Å². The minimum Gasteiger partial charge on any atom is -0.493 e. The van der Waals surface area contributed by atoms with Crippen LogP contribution in [0.3, 0.4) is 0 Å². The molecule has 2 aromatic rings. The maximum absolute atomic E-state index is 6.12. The molecule has 2 aromatic carbocycles. The van der Waals surface area contributed by atoms with E-state index >= 15 is 0 Å². The highest BCUT2D eigenvalue weighted by Gasteiger charge is 2.23. The van der Waals surface area contributed by atoms with E-state index < -0.39 is 0 Å². The van der Waals surface area contributed by atoms with Crippen molar-refractivity contribution in [3.8, 4) is 11.5 Å². The molecule has 0 spiro atoms. The molecule has 34 heavy (non-hydrogen) atoms. The van der Waals surface area contributed by atoms with Crippen molar-refractivity contribution in [1.29, 1.82) is 0 Å². The van der Waals surface area contributed by atoms with Crippen LogP contribution in [0.4, 0.5) is 0 Å². The molecule has 0 bridgehead atoms. The van der Waals surface area contributed by atoms with E-state index in [-0.39, 0.29) is 0 Å². The molecular weight excluding hydrogens is 446 g/mol. The van der Waals surface area contributed by atoms with E-state index in [9.17, 15) is 0 Å². The molecule has 0 saturated heterocycles. The molecule has 0 unspecified atom stereocenters. The van der Waals surface area contributed by atoms with Crippen LogP contribution in [-0.4, -0.2) is 26.1 Å². The number of ether oxygens (including phenoxy) is 3. The van der Waals surface area contributed by atoms with Gasteiger partial charge in [0.05, 0.1) is 7.11 Å². The molecule has 0 atom stereocenters. The molecule has 0 fully saturated rings. The fourth-order valence-electron chi connectivity index (χ4n) is 3.90. The Morgan fingerprint density at radius 3 is 2.62 bits per heavy atom. The number of hydrogen-bond acceptors (Lipinski definition) is 4. The highest BCUT2D eigenvalue weighted by atomic mass is 35.5. The van der Waals surface area contributed by atoms with Gasteiger partial charge in [-0.05, 0) is 42.7 Å². The Morgan fingerprint density at radius 2 is 1.94 bits per heavy atom. The van der Waals surface area contributed by atoms with E-state index in [1.807, 2.05) is 55.5 Å². The van der Waals surface area contributed by atoms with E-state index in [2.05, 4.69) is 24.5 Å². The maximum atomic E-state index is 6.12. The van der Waals surface area contributed by atoms with E-state index in [4.69, 9.17) is 25.8 Å². The molecule has 4 nitrogen and oxygen atoms in total. The van der Waals surface area contributed by atoms with Crippen molar-refractivity contribution in [3.63, 3.8) is 0 Å². The van der Waals surface area contributed by atoms with Gasteiger partial charge in [-0.2, -0.15) is 0 Å². The Kier molecular flexibility index (Phi) is 9.48. The summed E-state index contributed by atoms with van der Waals surface area (Å²) >= 11 is 6.06. The van der Waals surface area contributed by atoms with Gasteiger partial charge in [-0.1, -0.05) is 61.7 Å². The zero-order valence-corrected chi connectivity index (χ0v) is 20.7. The molecule has 1 heterocycles. The van der Waals surface area contributed by atoms with Crippen LogP contribution >= 0.6 is 11.6 Å². The molecule has 5 heteroatoms. The summed E-state index contributed by atoms with van der Waals surface area (Å²) < 4.78 is 18.1.